The summed E-state index contributed by atoms with van der Waals surface area (Å²) < 4.78 is 4.57. The first kappa shape index (κ1) is 15.2. The summed E-state index contributed by atoms with van der Waals surface area (Å²) in [4.78, 5) is 40.0. The van der Waals surface area contributed by atoms with Crippen molar-refractivity contribution >= 4 is 17.6 Å². The van der Waals surface area contributed by atoms with Crippen LogP contribution in [0.15, 0.2) is 0 Å². The average Bonchev–Trinajstić information content (AvgIpc) is 2.26. The molecule has 11 heteroatoms. The molecule has 0 aromatic carbocycles. The van der Waals surface area contributed by atoms with Gasteiger partial charge in [0.1, 0.15) is 13.2 Å². The zero-order valence-corrected chi connectivity index (χ0v) is 10.4. The molecule has 0 N–H and O–H groups in total. The number of halogens is 1. The smallest absolute Gasteiger partial charge is 0.310 e. The molecular weight excluding hydrogens is 288 g/mol. The lowest BCUT2D eigenvalue weighted by Crippen LogP contribution is -2.48. The normalized spacial score (nSPS) is 17.1. The quantitative estimate of drug-likeness (QED) is 0.274. The molecule has 108 valence electrons. The molecule has 0 saturated heterocycles. The third-order valence-corrected chi connectivity index (χ3v) is 2.95. The van der Waals surface area contributed by atoms with Gasteiger partial charge in [0.15, 0.2) is 6.07 Å². The van der Waals surface area contributed by atoms with Gasteiger partial charge in [0, 0.05) is 5.41 Å². The van der Waals surface area contributed by atoms with Gasteiger partial charge in [0.2, 0.25) is 0 Å². The van der Waals surface area contributed by atoms with E-state index in [2.05, 4.69) is 14.4 Å². The summed E-state index contributed by atoms with van der Waals surface area (Å²) in [5.41, 5.74) is -0.934. The fourth-order valence-corrected chi connectivity index (χ4v) is 2.09. The number of ether oxygens (including phenoxy) is 1. The van der Waals surface area contributed by atoms with Crippen molar-refractivity contribution in [1.82, 2.24) is 0 Å². The molecule has 0 amide bonds. The molecule has 1 aliphatic rings. The Kier molecular flexibility index (Phi) is 5.10. The molecule has 10 nitrogen and oxygen atoms in total. The minimum atomic E-state index is -1.00. The molecular formula is C8H11ClN2O8. The predicted octanol–water partition coefficient (Wildman–Crippen LogP) is 0.539. The van der Waals surface area contributed by atoms with Crippen LogP contribution in [0.1, 0.15) is 12.8 Å². The molecule has 0 atom stereocenters. The standard InChI is InChI=1S/C8H11ClN2O8/c9-5-17-7(12)6-1-8(2-6,3-18-10(13)14)4-19-11(15)16/h6H,1-5H2. The highest BCUT2D eigenvalue weighted by Gasteiger charge is 2.49. The van der Waals surface area contributed by atoms with Crippen LogP contribution in [0.2, 0.25) is 0 Å². The van der Waals surface area contributed by atoms with Crippen LogP contribution in [0.25, 0.3) is 0 Å². The summed E-state index contributed by atoms with van der Waals surface area (Å²) in [7, 11) is 0. The van der Waals surface area contributed by atoms with Crippen LogP contribution in [0.5, 0.6) is 0 Å². The van der Waals surface area contributed by atoms with Crippen LogP contribution >= 0.6 is 11.6 Å². The highest BCUT2D eigenvalue weighted by atomic mass is 35.5. The van der Waals surface area contributed by atoms with Crippen LogP contribution in [-0.2, 0) is 19.2 Å². The van der Waals surface area contributed by atoms with Gasteiger partial charge in [0.25, 0.3) is 10.2 Å². The van der Waals surface area contributed by atoms with Crippen LogP contribution in [0.3, 0.4) is 0 Å². The molecule has 0 radical (unpaired) electrons. The maximum absolute atomic E-state index is 11.3. The summed E-state index contributed by atoms with van der Waals surface area (Å²) in [5, 5.41) is 18.3. The molecule has 1 aliphatic carbocycles. The van der Waals surface area contributed by atoms with Crippen LogP contribution < -0.4 is 0 Å². The Labute approximate surface area is 111 Å². The third kappa shape index (κ3) is 4.39. The second-order valence-electron chi connectivity index (χ2n) is 4.17. The van der Waals surface area contributed by atoms with Crippen molar-refractivity contribution in [2.75, 3.05) is 19.3 Å². The van der Waals surface area contributed by atoms with Crippen LogP contribution in [0, 0.1) is 31.6 Å². The molecule has 0 aromatic rings. The first-order chi connectivity index (χ1) is 8.88. The Morgan fingerprint density at radius 3 is 2.05 bits per heavy atom. The van der Waals surface area contributed by atoms with Crippen molar-refractivity contribution in [2.45, 2.75) is 12.8 Å². The second-order valence-corrected chi connectivity index (χ2v) is 4.39. The lowest BCUT2D eigenvalue weighted by molar-refractivity contribution is -0.773. The van der Waals surface area contributed by atoms with Crippen LogP contribution in [0.4, 0.5) is 0 Å². The van der Waals surface area contributed by atoms with Crippen molar-refractivity contribution in [2.24, 2.45) is 11.3 Å². The molecule has 19 heavy (non-hydrogen) atoms. The Hall–Kier alpha value is -1.84. The number of hydrogen-bond donors (Lipinski definition) is 0. The van der Waals surface area contributed by atoms with Gasteiger partial charge in [-0.3, -0.25) is 4.79 Å². The molecule has 1 fully saturated rings. The Balaban J connectivity index is 2.52. The van der Waals surface area contributed by atoms with Crippen molar-refractivity contribution < 1.29 is 29.4 Å². The monoisotopic (exact) mass is 298 g/mol. The number of nitrogens with zero attached hydrogens (tertiary/aromatic N) is 2. The largest absolute Gasteiger partial charge is 0.449 e. The fraction of sp³-hybridized carbons (Fsp3) is 0.875. The topological polar surface area (TPSA) is 131 Å². The molecule has 0 unspecified atom stereocenters. The van der Waals surface area contributed by atoms with Gasteiger partial charge in [-0.05, 0) is 12.8 Å². The third-order valence-electron chi connectivity index (χ3n) is 2.84. The van der Waals surface area contributed by atoms with E-state index in [9.17, 15) is 25.0 Å². The summed E-state index contributed by atoms with van der Waals surface area (Å²) >= 11 is 5.23. The minimum absolute atomic E-state index is 0.143. The average molecular weight is 299 g/mol. The lowest BCUT2D eigenvalue weighted by atomic mass is 9.63. The van der Waals surface area contributed by atoms with Gasteiger partial charge in [-0.25, -0.2) is 0 Å². The SMILES string of the molecule is O=C(OCCl)C1CC(CO[N+](=O)[O-])(CO[N+](=O)[O-])C1. The van der Waals surface area contributed by atoms with Gasteiger partial charge < -0.3 is 14.4 Å². The highest BCUT2D eigenvalue weighted by molar-refractivity contribution is 6.17. The Morgan fingerprint density at radius 2 is 1.68 bits per heavy atom. The first-order valence-electron chi connectivity index (χ1n) is 5.16. The molecule has 1 saturated carbocycles. The van der Waals surface area contributed by atoms with Crippen molar-refractivity contribution in [3.05, 3.63) is 20.2 Å². The predicted molar refractivity (Wildman–Crippen MR) is 57.9 cm³/mol. The lowest BCUT2D eigenvalue weighted by Gasteiger charge is -2.44. The summed E-state index contributed by atoms with van der Waals surface area (Å²) in [5.74, 6) is -1.06. The number of carbonyl (C=O) groups is 1. The molecule has 0 aromatic heterocycles. The van der Waals surface area contributed by atoms with Crippen molar-refractivity contribution in [3.8, 4) is 0 Å². The van der Waals surface area contributed by atoms with E-state index in [1.165, 1.54) is 0 Å². The van der Waals surface area contributed by atoms with E-state index in [0.29, 0.717) is 0 Å². The van der Waals surface area contributed by atoms with Gasteiger partial charge in [-0.1, -0.05) is 11.6 Å². The number of carbonyl (C=O) groups excluding carboxylic acids is 1. The molecule has 1 rings (SSSR count). The summed E-state index contributed by atoms with van der Waals surface area (Å²) in [6, 6.07) is -0.293. The van der Waals surface area contributed by atoms with Gasteiger partial charge in [-0.15, -0.1) is 20.2 Å². The Bertz CT molecular complexity index is 350. The van der Waals surface area contributed by atoms with Crippen molar-refractivity contribution in [1.29, 1.82) is 0 Å². The van der Waals surface area contributed by atoms with Gasteiger partial charge in [0.05, 0.1) is 5.92 Å². The number of esters is 1. The van der Waals surface area contributed by atoms with E-state index in [-0.39, 0.29) is 32.1 Å². The van der Waals surface area contributed by atoms with E-state index in [1.54, 1.807) is 0 Å². The van der Waals surface area contributed by atoms with Crippen molar-refractivity contribution in [3.63, 3.8) is 0 Å². The van der Waals surface area contributed by atoms with E-state index < -0.39 is 27.5 Å². The highest BCUT2D eigenvalue weighted by Crippen LogP contribution is 2.46. The second kappa shape index (κ2) is 6.36. The first-order valence-corrected chi connectivity index (χ1v) is 5.69. The zero-order valence-electron chi connectivity index (χ0n) is 9.65. The fourth-order valence-electron chi connectivity index (χ4n) is 1.98. The zero-order chi connectivity index (χ0) is 14.5. The van der Waals surface area contributed by atoms with E-state index in [4.69, 9.17) is 11.6 Å². The molecule has 0 heterocycles. The summed E-state index contributed by atoms with van der Waals surface area (Å²) in [6.45, 7) is -0.753. The van der Waals surface area contributed by atoms with Gasteiger partial charge in [-0.2, -0.15) is 0 Å². The minimum Gasteiger partial charge on any atom is -0.449 e. The molecule has 0 bridgehead atoms. The maximum Gasteiger partial charge on any atom is 0.310 e. The molecule has 0 aliphatic heterocycles. The summed E-state index contributed by atoms with van der Waals surface area (Å²) in [6.07, 6.45) is 0.287. The van der Waals surface area contributed by atoms with E-state index >= 15 is 0 Å². The van der Waals surface area contributed by atoms with Gasteiger partial charge >= 0.3 is 5.97 Å². The van der Waals surface area contributed by atoms with E-state index in [0.717, 1.165) is 0 Å². The molecule has 0 spiro atoms. The van der Waals surface area contributed by atoms with E-state index in [1.807, 2.05) is 0 Å². The number of hydrogen-bond acceptors (Lipinski definition) is 8. The number of alkyl halides is 1. The number of rotatable bonds is 8. The Morgan fingerprint density at radius 1 is 1.21 bits per heavy atom. The van der Waals surface area contributed by atoms with Crippen LogP contribution in [-0.4, -0.2) is 35.4 Å². The maximum atomic E-state index is 11.3.